The normalized spacial score (nSPS) is 11.4. The van der Waals surface area contributed by atoms with Gasteiger partial charge in [-0.1, -0.05) is 91.0 Å². The lowest BCUT2D eigenvalue weighted by Crippen LogP contribution is -2.00. The Kier molecular flexibility index (Phi) is 5.35. The van der Waals surface area contributed by atoms with Crippen LogP contribution in [-0.2, 0) is 0 Å². The van der Waals surface area contributed by atoms with Crippen LogP contribution in [0.25, 0.3) is 78.3 Å². The zero-order valence-electron chi connectivity index (χ0n) is 21.8. The Morgan fingerprint density at radius 2 is 1.12 bits per heavy atom. The van der Waals surface area contributed by atoms with Gasteiger partial charge < -0.3 is 4.42 Å². The standard InChI is InChI=1S/C35H21N5O/c1-3-9-22(10-4-1)33-38-34(23-11-5-2-6-12-23)40-35(39-33)25-15-16-27-30(20-25)41-29-17-18-36-32(31(27)29)28-19-24-13-7-8-14-26(24)21-37-28/h1-21H. The van der Waals surface area contributed by atoms with Crippen molar-refractivity contribution in [3.05, 3.63) is 128 Å². The summed E-state index contributed by atoms with van der Waals surface area (Å²) in [6.07, 6.45) is 3.66. The van der Waals surface area contributed by atoms with E-state index in [-0.39, 0.29) is 0 Å². The van der Waals surface area contributed by atoms with Gasteiger partial charge in [0.25, 0.3) is 0 Å². The zero-order chi connectivity index (χ0) is 27.2. The van der Waals surface area contributed by atoms with E-state index in [9.17, 15) is 0 Å². The number of rotatable bonds is 4. The summed E-state index contributed by atoms with van der Waals surface area (Å²) in [6, 6.07) is 38.2. The Morgan fingerprint density at radius 3 is 1.83 bits per heavy atom. The molecule has 4 aromatic heterocycles. The van der Waals surface area contributed by atoms with E-state index >= 15 is 0 Å². The Labute approximate surface area is 235 Å². The largest absolute Gasteiger partial charge is 0.456 e. The highest BCUT2D eigenvalue weighted by Crippen LogP contribution is 2.37. The van der Waals surface area contributed by atoms with E-state index in [1.165, 1.54) is 0 Å². The van der Waals surface area contributed by atoms with Crippen LogP contribution in [0.3, 0.4) is 0 Å². The smallest absolute Gasteiger partial charge is 0.164 e. The summed E-state index contributed by atoms with van der Waals surface area (Å²) >= 11 is 0. The van der Waals surface area contributed by atoms with Crippen molar-refractivity contribution in [2.24, 2.45) is 0 Å². The number of aromatic nitrogens is 5. The molecule has 8 aromatic rings. The van der Waals surface area contributed by atoms with Crippen LogP contribution in [0.5, 0.6) is 0 Å². The molecule has 6 nitrogen and oxygen atoms in total. The van der Waals surface area contributed by atoms with Gasteiger partial charge in [-0.15, -0.1) is 0 Å². The van der Waals surface area contributed by atoms with Gasteiger partial charge in [0.1, 0.15) is 16.9 Å². The summed E-state index contributed by atoms with van der Waals surface area (Å²) in [4.78, 5) is 24.0. The third kappa shape index (κ3) is 4.10. The van der Waals surface area contributed by atoms with Crippen LogP contribution in [0.2, 0.25) is 0 Å². The van der Waals surface area contributed by atoms with Crippen LogP contribution >= 0.6 is 0 Å². The van der Waals surface area contributed by atoms with Gasteiger partial charge in [-0.2, -0.15) is 0 Å². The van der Waals surface area contributed by atoms with Crippen LogP contribution in [-0.4, -0.2) is 24.9 Å². The van der Waals surface area contributed by atoms with E-state index < -0.39 is 0 Å². The van der Waals surface area contributed by atoms with E-state index in [1.807, 2.05) is 97.2 Å². The number of benzene rings is 4. The molecule has 0 N–H and O–H groups in total. The van der Waals surface area contributed by atoms with Gasteiger partial charge in [-0.3, -0.25) is 9.97 Å². The molecule has 4 heterocycles. The Hall–Kier alpha value is -5.75. The van der Waals surface area contributed by atoms with Crippen LogP contribution in [0.15, 0.2) is 132 Å². The molecule has 0 bridgehead atoms. The molecule has 0 unspecified atom stereocenters. The van der Waals surface area contributed by atoms with Crippen molar-refractivity contribution in [2.75, 3.05) is 0 Å². The highest BCUT2D eigenvalue weighted by atomic mass is 16.3. The van der Waals surface area contributed by atoms with Gasteiger partial charge in [0.15, 0.2) is 17.5 Å². The zero-order valence-corrected chi connectivity index (χ0v) is 21.8. The molecule has 192 valence electrons. The molecule has 4 aromatic carbocycles. The fraction of sp³-hybridized carbons (Fsp3) is 0. The fourth-order valence-corrected chi connectivity index (χ4v) is 5.21. The molecule has 6 heteroatoms. The van der Waals surface area contributed by atoms with Gasteiger partial charge >= 0.3 is 0 Å². The Bertz CT molecular complexity index is 2150. The minimum absolute atomic E-state index is 0.578. The molecule has 0 spiro atoms. The quantitative estimate of drug-likeness (QED) is 0.229. The first-order valence-electron chi connectivity index (χ1n) is 13.3. The van der Waals surface area contributed by atoms with Crippen molar-refractivity contribution in [1.29, 1.82) is 0 Å². The average molecular weight is 528 g/mol. The molecular formula is C35H21N5O. The molecule has 41 heavy (non-hydrogen) atoms. The van der Waals surface area contributed by atoms with Gasteiger partial charge in [0, 0.05) is 39.9 Å². The van der Waals surface area contributed by atoms with E-state index in [0.717, 1.165) is 60.8 Å². The molecule has 0 aliphatic rings. The number of hydrogen-bond donors (Lipinski definition) is 0. The van der Waals surface area contributed by atoms with Crippen LogP contribution in [0.1, 0.15) is 0 Å². The molecule has 0 aliphatic carbocycles. The molecule has 0 atom stereocenters. The second-order valence-electron chi connectivity index (χ2n) is 9.80. The first kappa shape index (κ1) is 23.2. The molecule has 0 saturated carbocycles. The predicted molar refractivity (Wildman–Crippen MR) is 162 cm³/mol. The average Bonchev–Trinajstić information content (AvgIpc) is 3.43. The number of fused-ring (bicyclic) bond motifs is 4. The Morgan fingerprint density at radius 1 is 0.488 bits per heavy atom. The first-order valence-corrected chi connectivity index (χ1v) is 13.3. The summed E-state index contributed by atoms with van der Waals surface area (Å²) in [7, 11) is 0. The van der Waals surface area contributed by atoms with Gasteiger partial charge in [-0.25, -0.2) is 15.0 Å². The van der Waals surface area contributed by atoms with E-state index in [1.54, 1.807) is 6.20 Å². The number of pyridine rings is 2. The summed E-state index contributed by atoms with van der Waals surface area (Å²) in [5, 5.41) is 4.10. The third-order valence-electron chi connectivity index (χ3n) is 7.21. The van der Waals surface area contributed by atoms with Crippen LogP contribution < -0.4 is 0 Å². The summed E-state index contributed by atoms with van der Waals surface area (Å²) in [6.45, 7) is 0. The van der Waals surface area contributed by atoms with Crippen LogP contribution in [0, 0.1) is 0 Å². The molecular weight excluding hydrogens is 506 g/mol. The third-order valence-corrected chi connectivity index (χ3v) is 7.21. The van der Waals surface area contributed by atoms with Crippen molar-refractivity contribution < 1.29 is 4.42 Å². The van der Waals surface area contributed by atoms with E-state index in [4.69, 9.17) is 29.3 Å². The van der Waals surface area contributed by atoms with Crippen molar-refractivity contribution >= 4 is 32.7 Å². The topological polar surface area (TPSA) is 77.6 Å². The lowest BCUT2D eigenvalue weighted by atomic mass is 10.1. The molecule has 8 rings (SSSR count). The van der Waals surface area contributed by atoms with Crippen LogP contribution in [0.4, 0.5) is 0 Å². The number of furan rings is 1. The SMILES string of the molecule is c1ccc(-c2nc(-c3ccccc3)nc(-c3ccc4c(c3)oc3ccnc(-c5cc6ccccc6cn5)c34)n2)cc1. The van der Waals surface area contributed by atoms with Gasteiger partial charge in [0.05, 0.1) is 11.1 Å². The van der Waals surface area contributed by atoms with Crippen molar-refractivity contribution in [1.82, 2.24) is 24.9 Å². The molecule has 0 amide bonds. The maximum atomic E-state index is 6.36. The predicted octanol–water partition coefficient (Wildman–Crippen LogP) is 8.38. The minimum Gasteiger partial charge on any atom is -0.456 e. The molecule has 0 radical (unpaired) electrons. The maximum Gasteiger partial charge on any atom is 0.164 e. The summed E-state index contributed by atoms with van der Waals surface area (Å²) in [5.74, 6) is 1.82. The number of nitrogens with zero attached hydrogens (tertiary/aromatic N) is 5. The number of hydrogen-bond acceptors (Lipinski definition) is 6. The first-order chi connectivity index (χ1) is 20.3. The van der Waals surface area contributed by atoms with Gasteiger partial charge in [-0.05, 0) is 29.7 Å². The molecule has 0 fully saturated rings. The van der Waals surface area contributed by atoms with Crippen molar-refractivity contribution in [2.45, 2.75) is 0 Å². The highest BCUT2D eigenvalue weighted by molar-refractivity contribution is 6.11. The fourth-order valence-electron chi connectivity index (χ4n) is 5.21. The Balaban J connectivity index is 1.29. The lowest BCUT2D eigenvalue weighted by molar-refractivity contribution is 0.668. The highest BCUT2D eigenvalue weighted by Gasteiger charge is 2.17. The van der Waals surface area contributed by atoms with Gasteiger partial charge in [0.2, 0.25) is 0 Å². The van der Waals surface area contributed by atoms with E-state index in [2.05, 4.69) is 24.3 Å². The van der Waals surface area contributed by atoms with Crippen molar-refractivity contribution in [3.63, 3.8) is 0 Å². The summed E-state index contributed by atoms with van der Waals surface area (Å²) < 4.78 is 6.36. The van der Waals surface area contributed by atoms with Crippen molar-refractivity contribution in [3.8, 4) is 45.6 Å². The van der Waals surface area contributed by atoms with E-state index in [0.29, 0.717) is 17.5 Å². The molecule has 0 saturated heterocycles. The second kappa shape index (κ2) is 9.47. The monoisotopic (exact) mass is 527 g/mol. The lowest BCUT2D eigenvalue weighted by Gasteiger charge is -2.08. The molecule has 0 aliphatic heterocycles. The second-order valence-corrected chi connectivity index (χ2v) is 9.80. The summed E-state index contributed by atoms with van der Waals surface area (Å²) in [5.41, 5.74) is 5.77. The minimum atomic E-state index is 0.578. The maximum absolute atomic E-state index is 6.36.